The molecule has 4 aliphatic rings. The molecule has 3 fully saturated rings. The molecular weight excluding hydrogens is 396 g/mol. The van der Waals surface area contributed by atoms with E-state index in [0.717, 1.165) is 49.4 Å². The maximum atomic E-state index is 12.0. The van der Waals surface area contributed by atoms with E-state index in [9.17, 15) is 9.90 Å². The van der Waals surface area contributed by atoms with Crippen molar-refractivity contribution >= 4 is 5.97 Å². The number of allylic oxidation sites excluding steroid dienone is 1. The van der Waals surface area contributed by atoms with Crippen LogP contribution >= 0.6 is 0 Å². The van der Waals surface area contributed by atoms with Crippen LogP contribution in [-0.4, -0.2) is 23.3 Å². The largest absolute Gasteiger partial charge is 0.462 e. The third kappa shape index (κ3) is 4.21. The first kappa shape index (κ1) is 24.3. The minimum absolute atomic E-state index is 0.0800. The van der Waals surface area contributed by atoms with Crippen LogP contribution in [0.2, 0.25) is 0 Å². The van der Waals surface area contributed by atoms with E-state index in [1.807, 2.05) is 0 Å². The second kappa shape index (κ2) is 9.08. The van der Waals surface area contributed by atoms with Crippen LogP contribution < -0.4 is 0 Å². The van der Waals surface area contributed by atoms with Gasteiger partial charge in [0.15, 0.2) is 0 Å². The molecule has 0 aromatic heterocycles. The summed E-state index contributed by atoms with van der Waals surface area (Å²) in [6.07, 6.45) is 12.6. The molecule has 3 nitrogen and oxygen atoms in total. The van der Waals surface area contributed by atoms with Crippen molar-refractivity contribution < 1.29 is 14.6 Å². The average Bonchev–Trinajstić information content (AvgIpc) is 3.05. The summed E-state index contributed by atoms with van der Waals surface area (Å²) in [5.41, 5.74) is 3.51. The number of carbonyl (C=O) groups excluding carboxylic acids is 1. The number of hydrogen-bond acceptors (Lipinski definition) is 3. The third-order valence-corrected chi connectivity index (χ3v) is 10.4. The normalized spacial score (nSPS) is 42.3. The van der Waals surface area contributed by atoms with Gasteiger partial charge in [-0.3, -0.25) is 4.79 Å². The Morgan fingerprint density at radius 2 is 1.88 bits per heavy atom. The van der Waals surface area contributed by atoms with Crippen LogP contribution in [0, 0.1) is 40.4 Å². The smallest absolute Gasteiger partial charge is 0.302 e. The van der Waals surface area contributed by atoms with E-state index in [4.69, 9.17) is 4.74 Å². The lowest BCUT2D eigenvalue weighted by atomic mass is 9.50. The van der Waals surface area contributed by atoms with Gasteiger partial charge in [0.1, 0.15) is 6.10 Å². The number of aliphatic hydroxyl groups is 1. The average molecular weight is 445 g/mol. The van der Waals surface area contributed by atoms with E-state index >= 15 is 0 Å². The van der Waals surface area contributed by atoms with Crippen molar-refractivity contribution in [3.63, 3.8) is 0 Å². The second-order valence-corrected chi connectivity index (χ2v) is 12.9. The highest BCUT2D eigenvalue weighted by molar-refractivity contribution is 5.66. The van der Waals surface area contributed by atoms with E-state index in [1.165, 1.54) is 44.9 Å². The fourth-order valence-corrected chi connectivity index (χ4v) is 8.86. The Hall–Kier alpha value is -0.830. The Bertz CT molecular complexity index is 739. The number of aliphatic hydroxyl groups excluding tert-OH is 1. The van der Waals surface area contributed by atoms with Gasteiger partial charge in [-0.2, -0.15) is 0 Å². The summed E-state index contributed by atoms with van der Waals surface area (Å²) in [5, 5.41) is 10.5. The van der Waals surface area contributed by atoms with Crippen molar-refractivity contribution in [1.82, 2.24) is 0 Å². The molecule has 1 N–H and O–H groups in total. The molecule has 182 valence electrons. The molecule has 0 aliphatic heterocycles. The van der Waals surface area contributed by atoms with Crippen molar-refractivity contribution in [2.45, 2.75) is 124 Å². The molecule has 0 heterocycles. The standard InChI is InChI=1S/C29H48O3/c1-18(2)8-7-9-19(3)24-12-13-26-23-16-27(32-20(4)30)29(6)17-21(31)10-11-25(29)22(23)14-15-28(24,26)5/h18-19,21,23-24,26-27,31H,7-17H2,1-6H3/t19-,21-,23+,24-,26+,27+,28+,29-/m0/s1. The van der Waals surface area contributed by atoms with E-state index in [-0.39, 0.29) is 23.6 Å². The zero-order chi connectivity index (χ0) is 23.3. The van der Waals surface area contributed by atoms with Gasteiger partial charge in [0, 0.05) is 12.3 Å². The van der Waals surface area contributed by atoms with Gasteiger partial charge in [-0.1, -0.05) is 65.0 Å². The minimum Gasteiger partial charge on any atom is -0.462 e. The Labute approximate surface area is 196 Å². The SMILES string of the molecule is CC(=O)O[C@@H]1C[C@@H]2C(=C3CC[C@H](O)C[C@@]31C)CC[C@@]1(C)[C@@H]2CC[C@H]1[C@@H](C)CCCC(C)C. The van der Waals surface area contributed by atoms with Gasteiger partial charge >= 0.3 is 5.97 Å². The highest BCUT2D eigenvalue weighted by atomic mass is 16.5. The first-order valence-corrected chi connectivity index (χ1v) is 13.6. The number of rotatable bonds is 6. The summed E-state index contributed by atoms with van der Waals surface area (Å²) >= 11 is 0. The molecule has 3 saturated carbocycles. The molecule has 32 heavy (non-hydrogen) atoms. The summed E-state index contributed by atoms with van der Waals surface area (Å²) in [6, 6.07) is 0. The van der Waals surface area contributed by atoms with Gasteiger partial charge in [0.25, 0.3) is 0 Å². The molecule has 0 amide bonds. The van der Waals surface area contributed by atoms with Crippen LogP contribution in [0.25, 0.3) is 0 Å². The fourth-order valence-electron chi connectivity index (χ4n) is 8.86. The van der Waals surface area contributed by atoms with E-state index in [2.05, 4.69) is 34.6 Å². The molecule has 0 aromatic rings. The number of carbonyl (C=O) groups is 1. The number of ether oxygens (including phenoxy) is 1. The molecule has 4 aliphatic carbocycles. The lowest BCUT2D eigenvalue weighted by Crippen LogP contribution is -2.51. The molecule has 8 atom stereocenters. The maximum absolute atomic E-state index is 12.0. The van der Waals surface area contributed by atoms with Crippen molar-refractivity contribution in [3.8, 4) is 0 Å². The summed E-state index contributed by atoms with van der Waals surface area (Å²) in [5.74, 6) is 3.58. The molecular formula is C29H48O3. The monoisotopic (exact) mass is 444 g/mol. The number of hydrogen-bond donors (Lipinski definition) is 1. The fraction of sp³-hybridized carbons (Fsp3) is 0.897. The number of esters is 1. The van der Waals surface area contributed by atoms with Crippen molar-refractivity contribution in [2.75, 3.05) is 0 Å². The van der Waals surface area contributed by atoms with Crippen LogP contribution in [0.15, 0.2) is 11.1 Å². The zero-order valence-electron chi connectivity index (χ0n) is 21.6. The van der Waals surface area contributed by atoms with E-state index in [1.54, 1.807) is 18.1 Å². The predicted octanol–water partition coefficient (Wildman–Crippen LogP) is 7.07. The van der Waals surface area contributed by atoms with Gasteiger partial charge in [-0.25, -0.2) is 0 Å². The summed E-state index contributed by atoms with van der Waals surface area (Å²) in [6.45, 7) is 13.6. The molecule has 3 heteroatoms. The highest BCUT2D eigenvalue weighted by Crippen LogP contribution is 2.66. The van der Waals surface area contributed by atoms with Crippen molar-refractivity contribution in [1.29, 1.82) is 0 Å². The Morgan fingerprint density at radius 1 is 1.12 bits per heavy atom. The Balaban J connectivity index is 1.59. The molecule has 0 spiro atoms. The van der Waals surface area contributed by atoms with E-state index in [0.29, 0.717) is 11.3 Å². The second-order valence-electron chi connectivity index (χ2n) is 12.9. The molecule has 4 rings (SSSR count). The third-order valence-electron chi connectivity index (χ3n) is 10.4. The van der Waals surface area contributed by atoms with Gasteiger partial charge < -0.3 is 9.84 Å². The van der Waals surface area contributed by atoms with Gasteiger partial charge in [-0.05, 0) is 86.4 Å². The van der Waals surface area contributed by atoms with Crippen LogP contribution in [-0.2, 0) is 9.53 Å². The van der Waals surface area contributed by atoms with Gasteiger partial charge in [-0.15, -0.1) is 0 Å². The molecule has 0 radical (unpaired) electrons. The molecule has 0 aromatic carbocycles. The predicted molar refractivity (Wildman–Crippen MR) is 130 cm³/mol. The number of fused-ring (bicyclic) bond motifs is 4. The Kier molecular flexibility index (Phi) is 6.90. The van der Waals surface area contributed by atoms with Crippen LogP contribution in [0.4, 0.5) is 0 Å². The van der Waals surface area contributed by atoms with Crippen LogP contribution in [0.3, 0.4) is 0 Å². The quantitative estimate of drug-likeness (QED) is 0.352. The van der Waals surface area contributed by atoms with Crippen molar-refractivity contribution in [3.05, 3.63) is 11.1 Å². The highest BCUT2D eigenvalue weighted by Gasteiger charge is 2.58. The zero-order valence-corrected chi connectivity index (χ0v) is 21.6. The lowest BCUT2D eigenvalue weighted by Gasteiger charge is -2.56. The molecule has 0 bridgehead atoms. The summed E-state index contributed by atoms with van der Waals surface area (Å²) < 4.78 is 6.01. The maximum Gasteiger partial charge on any atom is 0.302 e. The molecule has 0 saturated heterocycles. The van der Waals surface area contributed by atoms with Crippen molar-refractivity contribution in [2.24, 2.45) is 40.4 Å². The Morgan fingerprint density at radius 3 is 2.56 bits per heavy atom. The minimum atomic E-state index is -0.268. The lowest BCUT2D eigenvalue weighted by molar-refractivity contribution is -0.157. The topological polar surface area (TPSA) is 46.5 Å². The van der Waals surface area contributed by atoms with Crippen LogP contribution in [0.5, 0.6) is 0 Å². The van der Waals surface area contributed by atoms with Gasteiger partial charge in [0.05, 0.1) is 6.10 Å². The van der Waals surface area contributed by atoms with E-state index < -0.39 is 0 Å². The first-order valence-electron chi connectivity index (χ1n) is 13.6. The summed E-state index contributed by atoms with van der Waals surface area (Å²) in [7, 11) is 0. The summed E-state index contributed by atoms with van der Waals surface area (Å²) in [4.78, 5) is 12.0. The van der Waals surface area contributed by atoms with Gasteiger partial charge in [0.2, 0.25) is 0 Å². The first-order chi connectivity index (χ1) is 15.1. The van der Waals surface area contributed by atoms with Crippen LogP contribution in [0.1, 0.15) is 112 Å². The molecule has 0 unspecified atom stereocenters.